The lowest BCUT2D eigenvalue weighted by Gasteiger charge is -2.33. The summed E-state index contributed by atoms with van der Waals surface area (Å²) in [6, 6.07) is 2.64. The van der Waals surface area contributed by atoms with Gasteiger partial charge < -0.3 is 15.7 Å². The van der Waals surface area contributed by atoms with E-state index >= 15 is 0 Å². The SMILES string of the molecule is CCNC(=NCC(C)(O)c1ccsc1)NCCN1CCCCC1C.I. The first-order valence-corrected chi connectivity index (χ1v) is 9.98. The fraction of sp³-hybridized carbons (Fsp3) is 0.722. The van der Waals surface area contributed by atoms with E-state index in [4.69, 9.17) is 0 Å². The molecule has 144 valence electrons. The smallest absolute Gasteiger partial charge is 0.191 e. The minimum atomic E-state index is -0.927. The monoisotopic (exact) mass is 480 g/mol. The Hall–Kier alpha value is -0.380. The van der Waals surface area contributed by atoms with Crippen molar-refractivity contribution >= 4 is 41.3 Å². The molecule has 7 heteroatoms. The van der Waals surface area contributed by atoms with Gasteiger partial charge in [-0.25, -0.2) is 4.99 Å². The molecule has 0 bridgehead atoms. The highest BCUT2D eigenvalue weighted by molar-refractivity contribution is 14.0. The van der Waals surface area contributed by atoms with Crippen molar-refractivity contribution in [2.24, 2.45) is 4.99 Å². The number of likely N-dealkylation sites (tertiary alicyclic amines) is 1. The minimum absolute atomic E-state index is 0. The van der Waals surface area contributed by atoms with Crippen LogP contribution < -0.4 is 10.6 Å². The van der Waals surface area contributed by atoms with Crippen LogP contribution in [-0.2, 0) is 5.60 Å². The van der Waals surface area contributed by atoms with Gasteiger partial charge in [0, 0.05) is 25.7 Å². The number of aliphatic hydroxyl groups is 1. The Bertz CT molecular complexity index is 507. The van der Waals surface area contributed by atoms with Gasteiger partial charge in [0.2, 0.25) is 0 Å². The normalized spacial score (nSPS) is 21.3. The minimum Gasteiger partial charge on any atom is -0.383 e. The number of halogens is 1. The Labute approximate surface area is 173 Å². The maximum atomic E-state index is 10.6. The third-order valence-corrected chi connectivity index (χ3v) is 5.35. The summed E-state index contributed by atoms with van der Waals surface area (Å²) in [6.07, 6.45) is 3.96. The number of nitrogens with one attached hydrogen (secondary N) is 2. The Kier molecular flexibility index (Phi) is 10.3. The molecule has 2 rings (SSSR count). The molecule has 0 radical (unpaired) electrons. The molecule has 1 aromatic rings. The summed E-state index contributed by atoms with van der Waals surface area (Å²) >= 11 is 1.60. The molecule has 0 spiro atoms. The Balaban J connectivity index is 0.00000312. The van der Waals surface area contributed by atoms with Crippen LogP contribution in [0.25, 0.3) is 0 Å². The van der Waals surface area contributed by atoms with Crippen LogP contribution in [0.4, 0.5) is 0 Å². The van der Waals surface area contributed by atoms with E-state index in [1.807, 2.05) is 23.8 Å². The Morgan fingerprint density at radius 3 is 2.88 bits per heavy atom. The topological polar surface area (TPSA) is 59.9 Å². The molecule has 2 unspecified atom stereocenters. The number of rotatable bonds is 7. The first-order valence-electron chi connectivity index (χ1n) is 9.04. The van der Waals surface area contributed by atoms with Crippen LogP contribution in [0.3, 0.4) is 0 Å². The van der Waals surface area contributed by atoms with Crippen molar-refractivity contribution in [3.8, 4) is 0 Å². The molecule has 1 aliphatic heterocycles. The van der Waals surface area contributed by atoms with Crippen molar-refractivity contribution in [3.05, 3.63) is 22.4 Å². The van der Waals surface area contributed by atoms with Gasteiger partial charge in [-0.1, -0.05) is 6.42 Å². The van der Waals surface area contributed by atoms with E-state index in [-0.39, 0.29) is 24.0 Å². The molecule has 2 heterocycles. The zero-order valence-corrected chi connectivity index (χ0v) is 18.8. The van der Waals surface area contributed by atoms with E-state index < -0.39 is 5.60 Å². The number of hydrogen-bond donors (Lipinski definition) is 3. The number of nitrogens with zero attached hydrogens (tertiary/aromatic N) is 2. The molecular formula is C18H33IN4OS. The zero-order chi connectivity index (χ0) is 17.4. The van der Waals surface area contributed by atoms with Gasteiger partial charge in [-0.05, 0) is 62.5 Å². The molecule has 0 saturated carbocycles. The quantitative estimate of drug-likeness (QED) is 0.319. The van der Waals surface area contributed by atoms with Crippen LogP contribution in [0.1, 0.15) is 45.6 Å². The highest BCUT2D eigenvalue weighted by Crippen LogP contribution is 2.23. The summed E-state index contributed by atoms with van der Waals surface area (Å²) in [5, 5.41) is 21.2. The predicted octanol–water partition coefficient (Wildman–Crippen LogP) is 3.00. The van der Waals surface area contributed by atoms with Gasteiger partial charge in [0.15, 0.2) is 5.96 Å². The largest absolute Gasteiger partial charge is 0.383 e. The lowest BCUT2D eigenvalue weighted by molar-refractivity contribution is 0.0677. The van der Waals surface area contributed by atoms with Gasteiger partial charge in [0.1, 0.15) is 5.60 Å². The number of piperidine rings is 1. The molecule has 1 fully saturated rings. The van der Waals surface area contributed by atoms with Crippen molar-refractivity contribution in [2.75, 3.05) is 32.7 Å². The molecule has 0 amide bonds. The predicted molar refractivity (Wildman–Crippen MR) is 118 cm³/mol. The van der Waals surface area contributed by atoms with Crippen LogP contribution in [0, 0.1) is 0 Å². The van der Waals surface area contributed by atoms with Gasteiger partial charge in [0.05, 0.1) is 6.54 Å². The lowest BCUT2D eigenvalue weighted by Crippen LogP contribution is -2.45. The molecule has 1 aromatic heterocycles. The van der Waals surface area contributed by atoms with E-state index in [1.165, 1.54) is 25.8 Å². The third-order valence-electron chi connectivity index (χ3n) is 4.66. The van der Waals surface area contributed by atoms with Crippen molar-refractivity contribution in [1.29, 1.82) is 0 Å². The van der Waals surface area contributed by atoms with Crippen molar-refractivity contribution in [2.45, 2.75) is 51.7 Å². The fourth-order valence-corrected chi connectivity index (χ4v) is 3.83. The van der Waals surface area contributed by atoms with E-state index in [0.29, 0.717) is 12.6 Å². The molecule has 3 N–H and O–H groups in total. The first kappa shape index (κ1) is 22.7. The van der Waals surface area contributed by atoms with Crippen LogP contribution >= 0.6 is 35.3 Å². The summed E-state index contributed by atoms with van der Waals surface area (Å²) in [6.45, 7) is 10.5. The number of aliphatic imine (C=N–C) groups is 1. The molecule has 25 heavy (non-hydrogen) atoms. The molecular weight excluding hydrogens is 447 g/mol. The molecule has 1 saturated heterocycles. The van der Waals surface area contributed by atoms with E-state index in [1.54, 1.807) is 11.3 Å². The number of hydrogen-bond acceptors (Lipinski definition) is 4. The van der Waals surface area contributed by atoms with Crippen molar-refractivity contribution < 1.29 is 5.11 Å². The second-order valence-corrected chi connectivity index (χ2v) is 7.57. The maximum Gasteiger partial charge on any atom is 0.191 e. The fourth-order valence-electron chi connectivity index (χ4n) is 3.04. The maximum absolute atomic E-state index is 10.6. The molecule has 0 aromatic carbocycles. The van der Waals surface area contributed by atoms with Gasteiger partial charge in [0.25, 0.3) is 0 Å². The van der Waals surface area contributed by atoms with Crippen LogP contribution in [0.5, 0.6) is 0 Å². The van der Waals surface area contributed by atoms with Crippen LogP contribution in [-0.4, -0.2) is 54.7 Å². The van der Waals surface area contributed by atoms with Crippen molar-refractivity contribution in [3.63, 3.8) is 0 Å². The summed E-state index contributed by atoms with van der Waals surface area (Å²) < 4.78 is 0. The molecule has 5 nitrogen and oxygen atoms in total. The van der Waals surface area contributed by atoms with Crippen LogP contribution in [0.2, 0.25) is 0 Å². The summed E-state index contributed by atoms with van der Waals surface area (Å²) in [5.41, 5.74) is -0.00163. The van der Waals surface area contributed by atoms with Crippen LogP contribution in [0.15, 0.2) is 21.8 Å². The average Bonchev–Trinajstić information content (AvgIpc) is 3.10. The van der Waals surface area contributed by atoms with Gasteiger partial charge in [-0.3, -0.25) is 4.90 Å². The van der Waals surface area contributed by atoms with E-state index in [9.17, 15) is 5.11 Å². The number of guanidine groups is 1. The number of thiophene rings is 1. The highest BCUT2D eigenvalue weighted by atomic mass is 127. The van der Waals surface area contributed by atoms with Crippen molar-refractivity contribution in [1.82, 2.24) is 15.5 Å². The van der Waals surface area contributed by atoms with E-state index in [0.717, 1.165) is 31.2 Å². The van der Waals surface area contributed by atoms with Gasteiger partial charge in [-0.2, -0.15) is 11.3 Å². The highest BCUT2D eigenvalue weighted by Gasteiger charge is 2.23. The van der Waals surface area contributed by atoms with Gasteiger partial charge in [-0.15, -0.1) is 24.0 Å². The average molecular weight is 480 g/mol. The second kappa shape index (κ2) is 11.4. The second-order valence-electron chi connectivity index (χ2n) is 6.79. The summed E-state index contributed by atoms with van der Waals surface area (Å²) in [4.78, 5) is 7.12. The van der Waals surface area contributed by atoms with Gasteiger partial charge >= 0.3 is 0 Å². The Morgan fingerprint density at radius 1 is 1.44 bits per heavy atom. The first-order chi connectivity index (χ1) is 11.5. The molecule has 1 aliphatic rings. The lowest BCUT2D eigenvalue weighted by atomic mass is 10.00. The Morgan fingerprint density at radius 2 is 2.24 bits per heavy atom. The summed E-state index contributed by atoms with van der Waals surface area (Å²) in [5.74, 6) is 0.776. The summed E-state index contributed by atoms with van der Waals surface area (Å²) in [7, 11) is 0. The zero-order valence-electron chi connectivity index (χ0n) is 15.6. The molecule has 2 atom stereocenters. The standard InChI is InChI=1S/C18H32N4OS.HI/c1-4-19-17(20-9-11-22-10-6-5-7-15(22)2)21-14-18(3,23)16-8-12-24-13-16;/h8,12-13,15,23H,4-7,9-11,14H2,1-3H3,(H2,19,20,21);1H. The third kappa shape index (κ3) is 7.40. The molecule has 0 aliphatic carbocycles. The van der Waals surface area contributed by atoms with E-state index in [2.05, 4.69) is 34.4 Å².